The van der Waals surface area contributed by atoms with Crippen molar-refractivity contribution in [2.24, 2.45) is 4.99 Å². The van der Waals surface area contributed by atoms with Crippen LogP contribution in [0.2, 0.25) is 0 Å². The smallest absolute Gasteiger partial charge is 0.251 e. The highest BCUT2D eigenvalue weighted by Gasteiger charge is 2.04. The van der Waals surface area contributed by atoms with Crippen molar-refractivity contribution in [3.05, 3.63) is 65.2 Å². The van der Waals surface area contributed by atoms with Crippen molar-refractivity contribution in [2.45, 2.75) is 12.8 Å². The molecule has 28 heavy (non-hydrogen) atoms. The molecule has 0 saturated heterocycles. The minimum absolute atomic E-state index is 0. The van der Waals surface area contributed by atoms with Crippen molar-refractivity contribution >= 4 is 35.8 Å². The van der Waals surface area contributed by atoms with Crippen molar-refractivity contribution in [1.29, 1.82) is 0 Å². The quantitative estimate of drug-likeness (QED) is 0.299. The molecule has 0 unspecified atom stereocenters. The van der Waals surface area contributed by atoms with E-state index < -0.39 is 0 Å². The molecule has 0 aliphatic heterocycles. The van der Waals surface area contributed by atoms with Crippen molar-refractivity contribution < 1.29 is 9.53 Å². The minimum atomic E-state index is -0.0687. The monoisotopic (exact) mass is 496 g/mol. The maximum Gasteiger partial charge on any atom is 0.251 e. The van der Waals surface area contributed by atoms with Crippen LogP contribution in [0.5, 0.6) is 5.75 Å². The summed E-state index contributed by atoms with van der Waals surface area (Å²) in [6, 6.07) is 15.7. The molecule has 1 amide bonds. The second kappa shape index (κ2) is 13.0. The topological polar surface area (TPSA) is 74.8 Å². The van der Waals surface area contributed by atoms with E-state index in [4.69, 9.17) is 4.74 Å². The maximum absolute atomic E-state index is 11.7. The minimum Gasteiger partial charge on any atom is -0.497 e. The van der Waals surface area contributed by atoms with Crippen LogP contribution in [0.15, 0.2) is 53.5 Å². The fourth-order valence-electron chi connectivity index (χ4n) is 2.68. The lowest BCUT2D eigenvalue weighted by Gasteiger charge is -2.12. The lowest BCUT2D eigenvalue weighted by molar-refractivity contribution is 0.0963. The van der Waals surface area contributed by atoms with Gasteiger partial charge >= 0.3 is 0 Å². The molecule has 0 saturated carbocycles. The van der Waals surface area contributed by atoms with Crippen LogP contribution in [-0.2, 0) is 12.8 Å². The number of halogens is 1. The molecule has 2 aromatic rings. The number of benzene rings is 2. The van der Waals surface area contributed by atoms with Crippen LogP contribution in [0, 0.1) is 0 Å². The van der Waals surface area contributed by atoms with Gasteiger partial charge in [0.05, 0.1) is 7.11 Å². The van der Waals surface area contributed by atoms with Crippen molar-refractivity contribution in [2.75, 3.05) is 34.3 Å². The molecule has 152 valence electrons. The zero-order valence-corrected chi connectivity index (χ0v) is 18.9. The Balaban J connectivity index is 0.00000392. The highest BCUT2D eigenvalue weighted by atomic mass is 127. The fraction of sp³-hybridized carbons (Fsp3) is 0.333. The van der Waals surface area contributed by atoms with Crippen LogP contribution >= 0.6 is 24.0 Å². The molecule has 0 radical (unpaired) electrons. The second-order valence-corrected chi connectivity index (χ2v) is 6.05. The SMILES string of the molecule is CN=C(NCCc1ccc(OC)cc1)NCCc1cccc(C(=O)NC)c1.I. The van der Waals surface area contributed by atoms with Crippen LogP contribution in [-0.4, -0.2) is 46.2 Å². The molecule has 2 aromatic carbocycles. The Morgan fingerprint density at radius 2 is 1.64 bits per heavy atom. The number of rotatable bonds is 8. The van der Waals surface area contributed by atoms with Gasteiger partial charge in [-0.2, -0.15) is 0 Å². The standard InChI is InChI=1S/C21H28N4O2.HI/c1-22-20(26)18-6-4-5-17(15-18)12-14-25-21(23-2)24-13-11-16-7-9-19(27-3)10-8-16;/h4-10,15H,11-14H2,1-3H3,(H,22,26)(H2,23,24,25);1H. The van der Waals surface area contributed by atoms with Crippen molar-refractivity contribution in [3.8, 4) is 5.75 Å². The van der Waals surface area contributed by atoms with E-state index in [-0.39, 0.29) is 29.9 Å². The van der Waals surface area contributed by atoms with E-state index in [9.17, 15) is 4.79 Å². The molecule has 0 aliphatic carbocycles. The van der Waals surface area contributed by atoms with Crippen molar-refractivity contribution in [1.82, 2.24) is 16.0 Å². The molecular weight excluding hydrogens is 467 g/mol. The van der Waals surface area contributed by atoms with Gasteiger partial charge in [-0.05, 0) is 48.2 Å². The maximum atomic E-state index is 11.7. The predicted octanol–water partition coefficient (Wildman–Crippen LogP) is 2.62. The van der Waals surface area contributed by atoms with Crippen LogP contribution in [0.1, 0.15) is 21.5 Å². The van der Waals surface area contributed by atoms with Crippen LogP contribution in [0.4, 0.5) is 0 Å². The highest BCUT2D eigenvalue weighted by Crippen LogP contribution is 2.11. The molecule has 0 aromatic heterocycles. The number of ether oxygens (including phenoxy) is 1. The number of carbonyl (C=O) groups is 1. The Labute approximate surface area is 184 Å². The van der Waals surface area contributed by atoms with E-state index >= 15 is 0 Å². The first kappa shape index (κ1) is 23.7. The van der Waals surface area contributed by atoms with Crippen LogP contribution < -0.4 is 20.7 Å². The van der Waals surface area contributed by atoms with Gasteiger partial charge in [-0.3, -0.25) is 9.79 Å². The zero-order valence-electron chi connectivity index (χ0n) is 16.6. The first-order chi connectivity index (χ1) is 13.2. The molecule has 0 spiro atoms. The third kappa shape index (κ3) is 7.75. The third-order valence-corrected chi connectivity index (χ3v) is 4.21. The predicted molar refractivity (Wildman–Crippen MR) is 125 cm³/mol. The largest absolute Gasteiger partial charge is 0.497 e. The first-order valence-corrected chi connectivity index (χ1v) is 9.04. The average molecular weight is 496 g/mol. The van der Waals surface area contributed by atoms with Crippen LogP contribution in [0.3, 0.4) is 0 Å². The van der Waals surface area contributed by atoms with Gasteiger partial charge in [0.2, 0.25) is 0 Å². The Kier molecular flexibility index (Phi) is 11.0. The molecule has 0 aliphatic rings. The van der Waals surface area contributed by atoms with E-state index in [0.717, 1.165) is 43.2 Å². The summed E-state index contributed by atoms with van der Waals surface area (Å²) in [7, 11) is 5.06. The Morgan fingerprint density at radius 1 is 1.00 bits per heavy atom. The molecule has 6 nitrogen and oxygen atoms in total. The Hall–Kier alpha value is -2.29. The number of nitrogens with zero attached hydrogens (tertiary/aromatic N) is 1. The normalized spacial score (nSPS) is 10.6. The molecule has 0 atom stereocenters. The zero-order chi connectivity index (χ0) is 19.5. The summed E-state index contributed by atoms with van der Waals surface area (Å²) in [5.74, 6) is 1.57. The van der Waals surface area contributed by atoms with Gasteiger partial charge in [0.1, 0.15) is 5.75 Å². The van der Waals surface area contributed by atoms with E-state index in [0.29, 0.717) is 5.56 Å². The van der Waals surface area contributed by atoms with E-state index in [1.165, 1.54) is 5.56 Å². The van der Waals surface area contributed by atoms with Gasteiger partial charge in [-0.15, -0.1) is 24.0 Å². The number of carbonyl (C=O) groups excluding carboxylic acids is 1. The lowest BCUT2D eigenvalue weighted by Crippen LogP contribution is -2.39. The van der Waals surface area contributed by atoms with Gasteiger partial charge in [0.25, 0.3) is 5.91 Å². The van der Waals surface area contributed by atoms with Crippen LogP contribution in [0.25, 0.3) is 0 Å². The van der Waals surface area contributed by atoms with Gasteiger partial charge in [0, 0.05) is 32.7 Å². The number of nitrogens with one attached hydrogen (secondary N) is 3. The summed E-state index contributed by atoms with van der Waals surface area (Å²) < 4.78 is 5.17. The number of methoxy groups -OCH3 is 1. The lowest BCUT2D eigenvalue weighted by atomic mass is 10.1. The summed E-state index contributed by atoms with van der Waals surface area (Å²) >= 11 is 0. The Bertz CT molecular complexity index is 763. The van der Waals surface area contributed by atoms with Gasteiger partial charge in [-0.25, -0.2) is 0 Å². The van der Waals surface area contributed by atoms with E-state index in [1.54, 1.807) is 21.2 Å². The number of aliphatic imine (C=N–C) groups is 1. The van der Waals surface area contributed by atoms with Crippen molar-refractivity contribution in [3.63, 3.8) is 0 Å². The number of guanidine groups is 1. The van der Waals surface area contributed by atoms with Gasteiger partial charge < -0.3 is 20.7 Å². The summed E-state index contributed by atoms with van der Waals surface area (Å²) in [5, 5.41) is 9.26. The molecule has 0 fully saturated rings. The molecule has 2 rings (SSSR count). The average Bonchev–Trinajstić information content (AvgIpc) is 2.72. The fourth-order valence-corrected chi connectivity index (χ4v) is 2.68. The van der Waals surface area contributed by atoms with Gasteiger partial charge in [-0.1, -0.05) is 24.3 Å². The highest BCUT2D eigenvalue weighted by molar-refractivity contribution is 14.0. The third-order valence-electron chi connectivity index (χ3n) is 4.21. The molecular formula is C21H29IN4O2. The molecule has 0 bridgehead atoms. The van der Waals surface area contributed by atoms with E-state index in [2.05, 4.69) is 33.1 Å². The first-order valence-electron chi connectivity index (χ1n) is 9.04. The number of amides is 1. The summed E-state index contributed by atoms with van der Waals surface area (Å²) in [5.41, 5.74) is 3.03. The molecule has 7 heteroatoms. The number of hydrogen-bond donors (Lipinski definition) is 3. The Morgan fingerprint density at radius 3 is 2.21 bits per heavy atom. The summed E-state index contributed by atoms with van der Waals surface area (Å²) in [6.45, 7) is 1.53. The van der Waals surface area contributed by atoms with Gasteiger partial charge in [0.15, 0.2) is 5.96 Å². The summed E-state index contributed by atoms with van der Waals surface area (Å²) in [4.78, 5) is 15.9. The second-order valence-electron chi connectivity index (χ2n) is 6.05. The summed E-state index contributed by atoms with van der Waals surface area (Å²) in [6.07, 6.45) is 1.71. The van der Waals surface area contributed by atoms with E-state index in [1.807, 2.05) is 36.4 Å². The number of hydrogen-bond acceptors (Lipinski definition) is 3. The molecule has 3 N–H and O–H groups in total. The molecule has 0 heterocycles.